The van der Waals surface area contributed by atoms with Crippen molar-refractivity contribution >= 4 is 0 Å². The Hall–Kier alpha value is -0.110. The van der Waals surface area contributed by atoms with Crippen LogP contribution in [-0.2, 0) is 0 Å². The van der Waals surface area contributed by atoms with Crippen LogP contribution in [-0.4, -0.2) is 25.0 Å². The number of rotatable bonds is 23. The van der Waals surface area contributed by atoms with Crippen LogP contribution < -0.4 is 0 Å². The highest BCUT2D eigenvalue weighted by Gasteiger charge is 1.97. The monoisotopic (exact) mass is 401 g/mol. The van der Waals surface area contributed by atoms with Crippen molar-refractivity contribution < 1.29 is 4.70 Å². The van der Waals surface area contributed by atoms with Gasteiger partial charge in [0.15, 0.2) is 0 Å². The van der Waals surface area contributed by atoms with Gasteiger partial charge in [0.05, 0.1) is 0 Å². The Morgan fingerprint density at radius 1 is 0.357 bits per heavy atom. The van der Waals surface area contributed by atoms with Gasteiger partial charge in [-0.05, 0) is 33.0 Å². The molecule has 28 heavy (non-hydrogen) atoms. The molecule has 0 heterocycles. The van der Waals surface area contributed by atoms with E-state index in [0.717, 1.165) is 0 Å². The molecule has 0 aliphatic carbocycles. The third kappa shape index (κ3) is 25.9. The van der Waals surface area contributed by atoms with E-state index in [2.05, 4.69) is 25.8 Å². The van der Waals surface area contributed by atoms with Crippen LogP contribution in [0.2, 0.25) is 0 Å². The molecular weight excluding hydrogens is 345 g/mol. The zero-order chi connectivity index (χ0) is 19.8. The van der Waals surface area contributed by atoms with E-state index in [4.69, 9.17) is 0 Å². The van der Waals surface area contributed by atoms with Gasteiger partial charge in [0.2, 0.25) is 0 Å². The van der Waals surface area contributed by atoms with Crippen LogP contribution >= 0.6 is 0 Å². The minimum Gasteiger partial charge on any atom is -0.306 e. The summed E-state index contributed by atoms with van der Waals surface area (Å²) in [4.78, 5) is 2.48. The van der Waals surface area contributed by atoms with E-state index in [1.54, 1.807) is 0 Å². The molecule has 0 aromatic rings. The molecule has 0 radical (unpaired) electrons. The molecule has 0 amide bonds. The molecule has 0 saturated heterocycles. The molecule has 0 saturated carbocycles. The van der Waals surface area contributed by atoms with Crippen LogP contribution in [0.1, 0.15) is 149 Å². The number of halogens is 1. The van der Waals surface area contributed by atoms with Crippen LogP contribution in [0.4, 0.5) is 4.70 Å². The predicted molar refractivity (Wildman–Crippen MR) is 128 cm³/mol. The third-order valence-corrected chi connectivity index (χ3v) is 6.00. The molecule has 1 nitrogen and oxygen atoms in total. The van der Waals surface area contributed by atoms with Crippen molar-refractivity contribution in [2.24, 2.45) is 0 Å². The standard InChI is InChI=1S/C26H55N.FH/c1-4-6-7-8-9-10-11-12-13-14-15-16-17-18-19-20-21-22-23-24-26-27(3)25-5-2;/h4-26H2,1-3H3;1H. The van der Waals surface area contributed by atoms with Gasteiger partial charge < -0.3 is 4.90 Å². The minimum atomic E-state index is 0. The Kier molecular flexibility index (Phi) is 28.9. The Balaban J connectivity index is 0. The van der Waals surface area contributed by atoms with Gasteiger partial charge in [0.1, 0.15) is 0 Å². The second-order valence-corrected chi connectivity index (χ2v) is 9.02. The first-order valence-corrected chi connectivity index (χ1v) is 13.0. The van der Waals surface area contributed by atoms with Crippen molar-refractivity contribution in [1.29, 1.82) is 0 Å². The van der Waals surface area contributed by atoms with Gasteiger partial charge in [-0.25, -0.2) is 0 Å². The van der Waals surface area contributed by atoms with Crippen LogP contribution in [0, 0.1) is 0 Å². The number of hydrogen-bond acceptors (Lipinski definition) is 1. The highest BCUT2D eigenvalue weighted by Crippen LogP contribution is 2.14. The van der Waals surface area contributed by atoms with Crippen molar-refractivity contribution in [3.05, 3.63) is 0 Å². The summed E-state index contributed by atoms with van der Waals surface area (Å²) in [5.41, 5.74) is 0. The van der Waals surface area contributed by atoms with Gasteiger partial charge in [-0.15, -0.1) is 0 Å². The summed E-state index contributed by atoms with van der Waals surface area (Å²) in [5, 5.41) is 0. The molecule has 0 atom stereocenters. The fourth-order valence-corrected chi connectivity index (χ4v) is 4.13. The van der Waals surface area contributed by atoms with E-state index in [1.807, 2.05) is 0 Å². The van der Waals surface area contributed by atoms with E-state index >= 15 is 0 Å². The van der Waals surface area contributed by atoms with Crippen molar-refractivity contribution in [2.75, 3.05) is 20.1 Å². The van der Waals surface area contributed by atoms with Gasteiger partial charge in [-0.2, -0.15) is 0 Å². The second kappa shape index (κ2) is 26.9. The molecule has 0 unspecified atom stereocenters. The smallest absolute Gasteiger partial charge is 0.00218 e. The number of nitrogens with zero attached hydrogens (tertiary/aromatic N) is 1. The van der Waals surface area contributed by atoms with Crippen LogP contribution in [0.3, 0.4) is 0 Å². The van der Waals surface area contributed by atoms with E-state index in [9.17, 15) is 0 Å². The molecule has 0 aliphatic rings. The Bertz CT molecular complexity index is 257. The van der Waals surface area contributed by atoms with Crippen LogP contribution in [0.15, 0.2) is 0 Å². The Labute approximate surface area is 178 Å². The lowest BCUT2D eigenvalue weighted by Gasteiger charge is -2.14. The molecule has 0 aliphatic heterocycles. The first-order valence-electron chi connectivity index (χ1n) is 13.0. The first-order chi connectivity index (χ1) is 13.3. The lowest BCUT2D eigenvalue weighted by molar-refractivity contribution is 0.324. The van der Waals surface area contributed by atoms with Gasteiger partial charge in [0, 0.05) is 0 Å². The second-order valence-electron chi connectivity index (χ2n) is 9.02. The third-order valence-electron chi connectivity index (χ3n) is 6.00. The molecular formula is C26H56FN. The Morgan fingerprint density at radius 2 is 0.643 bits per heavy atom. The largest absolute Gasteiger partial charge is 0.306 e. The van der Waals surface area contributed by atoms with Crippen molar-refractivity contribution in [2.45, 2.75) is 149 Å². The molecule has 0 fully saturated rings. The molecule has 0 aromatic carbocycles. The van der Waals surface area contributed by atoms with E-state index in [0.29, 0.717) is 0 Å². The molecule has 0 N–H and O–H groups in total. The SMILES string of the molecule is CCCCCCCCCCCCCCCCCCCCCCN(C)CCC.F. The Morgan fingerprint density at radius 3 is 0.929 bits per heavy atom. The summed E-state index contributed by atoms with van der Waals surface area (Å²) in [5.74, 6) is 0. The highest BCUT2D eigenvalue weighted by atomic mass is 19.0. The summed E-state index contributed by atoms with van der Waals surface area (Å²) in [7, 11) is 2.26. The van der Waals surface area contributed by atoms with Gasteiger partial charge in [0.25, 0.3) is 0 Å². The fraction of sp³-hybridized carbons (Fsp3) is 1.00. The quantitative estimate of drug-likeness (QED) is 0.154. The van der Waals surface area contributed by atoms with Crippen LogP contribution in [0.5, 0.6) is 0 Å². The normalized spacial score (nSPS) is 11.1. The summed E-state index contributed by atoms with van der Waals surface area (Å²) < 4.78 is 0. The number of hydrogen-bond donors (Lipinski definition) is 0. The number of unbranched alkanes of at least 4 members (excludes halogenated alkanes) is 19. The fourth-order valence-electron chi connectivity index (χ4n) is 4.13. The first kappa shape index (κ1) is 30.1. The molecule has 0 aromatic heterocycles. The zero-order valence-electron chi connectivity index (χ0n) is 20.1. The predicted octanol–water partition coefficient (Wildman–Crippen LogP) is 9.30. The summed E-state index contributed by atoms with van der Waals surface area (Å²) in [6, 6.07) is 0. The molecule has 0 bridgehead atoms. The summed E-state index contributed by atoms with van der Waals surface area (Å²) in [6.07, 6.45) is 30.6. The van der Waals surface area contributed by atoms with Gasteiger partial charge in [-0.1, -0.05) is 136 Å². The zero-order valence-corrected chi connectivity index (χ0v) is 20.1. The van der Waals surface area contributed by atoms with Crippen LogP contribution in [0.25, 0.3) is 0 Å². The topological polar surface area (TPSA) is 3.24 Å². The molecule has 172 valence electrons. The minimum absolute atomic E-state index is 0. The van der Waals surface area contributed by atoms with E-state index < -0.39 is 0 Å². The summed E-state index contributed by atoms with van der Waals surface area (Å²) >= 11 is 0. The van der Waals surface area contributed by atoms with Crippen molar-refractivity contribution in [3.8, 4) is 0 Å². The highest BCUT2D eigenvalue weighted by molar-refractivity contribution is 4.53. The maximum atomic E-state index is 2.48. The van der Waals surface area contributed by atoms with E-state index in [1.165, 1.54) is 148 Å². The van der Waals surface area contributed by atoms with E-state index in [-0.39, 0.29) is 4.70 Å². The van der Waals surface area contributed by atoms with Gasteiger partial charge >= 0.3 is 0 Å². The lowest BCUT2D eigenvalue weighted by Crippen LogP contribution is -2.20. The molecule has 0 rings (SSSR count). The maximum Gasteiger partial charge on any atom is -0.00218 e. The summed E-state index contributed by atoms with van der Waals surface area (Å²) in [6.45, 7) is 7.13. The van der Waals surface area contributed by atoms with Gasteiger partial charge in [-0.3, -0.25) is 4.70 Å². The lowest BCUT2D eigenvalue weighted by atomic mass is 10.0. The molecule has 0 spiro atoms. The van der Waals surface area contributed by atoms with Crippen molar-refractivity contribution in [3.63, 3.8) is 0 Å². The molecule has 2 heteroatoms. The maximum absolute atomic E-state index is 2.48. The average Bonchev–Trinajstić information content (AvgIpc) is 2.66. The van der Waals surface area contributed by atoms with Crippen molar-refractivity contribution in [1.82, 2.24) is 4.90 Å². The average molecular weight is 402 g/mol.